The highest BCUT2D eigenvalue weighted by Crippen LogP contribution is 2.39. The minimum atomic E-state index is -0.0716. The zero-order valence-corrected chi connectivity index (χ0v) is 22.0. The number of nitrogens with one attached hydrogen (secondary N) is 1. The van der Waals surface area contributed by atoms with Crippen LogP contribution in [0.2, 0.25) is 0 Å². The molecule has 0 fully saturated rings. The second kappa shape index (κ2) is 20.9. The second-order valence-corrected chi connectivity index (χ2v) is 7.41. The van der Waals surface area contributed by atoms with Crippen molar-refractivity contribution in [3.05, 3.63) is 21.3 Å². The van der Waals surface area contributed by atoms with Crippen molar-refractivity contribution in [1.82, 2.24) is 5.32 Å². The summed E-state index contributed by atoms with van der Waals surface area (Å²) in [6.07, 6.45) is 4.81. The first-order valence-electron chi connectivity index (χ1n) is 10.5. The predicted octanol–water partition coefficient (Wildman–Crippen LogP) is 6.67. The molecule has 0 bridgehead atoms. The second-order valence-electron chi connectivity index (χ2n) is 6.25. The summed E-state index contributed by atoms with van der Waals surface area (Å²) in [5.41, 5.74) is 1.21. The number of benzene rings is 1. The molecule has 0 saturated heterocycles. The first-order chi connectivity index (χ1) is 13.3. The fraction of sp³-hybridized carbons (Fsp3) is 0.696. The van der Waals surface area contributed by atoms with Gasteiger partial charge in [-0.2, -0.15) is 0 Å². The summed E-state index contributed by atoms with van der Waals surface area (Å²) >= 11 is 2.29. The Morgan fingerprint density at radius 3 is 2.18 bits per heavy atom. The van der Waals surface area contributed by atoms with Crippen LogP contribution in [0.4, 0.5) is 0 Å². The number of carbonyl (C=O) groups excluding carboxylic acids is 1. The zero-order valence-electron chi connectivity index (χ0n) is 19.9. The minimum absolute atomic E-state index is 0.0716. The number of hydrogen-bond donors (Lipinski definition) is 1. The lowest BCUT2D eigenvalue weighted by Gasteiger charge is -2.16. The molecule has 1 aliphatic rings. The van der Waals surface area contributed by atoms with E-state index in [2.05, 4.69) is 61.7 Å². The van der Waals surface area contributed by atoms with Gasteiger partial charge in [-0.05, 0) is 68.1 Å². The number of methoxy groups -OCH3 is 1. The Labute approximate surface area is 188 Å². The highest BCUT2D eigenvalue weighted by atomic mass is 127. The molecule has 0 spiro atoms. The van der Waals surface area contributed by atoms with Gasteiger partial charge in [0.25, 0.3) is 0 Å². The Morgan fingerprint density at radius 1 is 1.21 bits per heavy atom. The van der Waals surface area contributed by atoms with Crippen LogP contribution in [0.1, 0.15) is 80.2 Å². The Morgan fingerprint density at radius 2 is 1.75 bits per heavy atom. The number of hydrogen-bond acceptors (Lipinski definition) is 4. The zero-order chi connectivity index (χ0) is 22.6. The van der Waals surface area contributed by atoms with Crippen LogP contribution in [-0.4, -0.2) is 32.6 Å². The summed E-state index contributed by atoms with van der Waals surface area (Å²) in [5, 5.41) is 2.94. The van der Waals surface area contributed by atoms with Gasteiger partial charge in [0.15, 0.2) is 0 Å². The number of aldehydes is 1. The fourth-order valence-corrected chi connectivity index (χ4v) is 2.87. The van der Waals surface area contributed by atoms with Crippen LogP contribution in [0.5, 0.6) is 11.5 Å². The van der Waals surface area contributed by atoms with Crippen molar-refractivity contribution in [2.45, 2.75) is 86.7 Å². The molecule has 1 aliphatic heterocycles. The average molecular weight is 510 g/mol. The SMILES string of the molecule is CC.CC.CCC.CNCCCC=O.COc1cc2c(cc1I)CC(C)(C)O2. The molecule has 28 heavy (non-hydrogen) atoms. The molecule has 1 N–H and O–H groups in total. The Bertz CT molecular complexity index is 491. The highest BCUT2D eigenvalue weighted by molar-refractivity contribution is 14.1. The minimum Gasteiger partial charge on any atom is -0.496 e. The lowest BCUT2D eigenvalue weighted by molar-refractivity contribution is -0.107. The summed E-state index contributed by atoms with van der Waals surface area (Å²) in [6.45, 7) is 17.4. The van der Waals surface area contributed by atoms with Gasteiger partial charge in [-0.3, -0.25) is 0 Å². The van der Waals surface area contributed by atoms with E-state index >= 15 is 0 Å². The van der Waals surface area contributed by atoms with Crippen LogP contribution in [0, 0.1) is 3.57 Å². The molecule has 1 aromatic rings. The van der Waals surface area contributed by atoms with Gasteiger partial charge in [-0.25, -0.2) is 0 Å². The van der Waals surface area contributed by atoms with E-state index in [4.69, 9.17) is 9.47 Å². The van der Waals surface area contributed by atoms with Gasteiger partial charge in [-0.15, -0.1) is 0 Å². The predicted molar refractivity (Wildman–Crippen MR) is 132 cm³/mol. The molecule has 2 rings (SSSR count). The van der Waals surface area contributed by atoms with Gasteiger partial charge >= 0.3 is 0 Å². The normalized spacial score (nSPS) is 12.0. The van der Waals surface area contributed by atoms with Gasteiger partial charge in [-0.1, -0.05) is 48.0 Å². The number of ether oxygens (including phenoxy) is 2. The van der Waals surface area contributed by atoms with Gasteiger partial charge in [0, 0.05) is 18.9 Å². The number of fused-ring (bicyclic) bond motifs is 1. The van der Waals surface area contributed by atoms with Gasteiger partial charge < -0.3 is 19.6 Å². The number of unbranched alkanes of at least 4 members (excludes halogenated alkanes) is 1. The van der Waals surface area contributed by atoms with Crippen molar-refractivity contribution in [2.24, 2.45) is 0 Å². The molecule has 4 nitrogen and oxygen atoms in total. The molecule has 5 heteroatoms. The van der Waals surface area contributed by atoms with Gasteiger partial charge in [0.1, 0.15) is 23.4 Å². The third-order valence-electron chi connectivity index (χ3n) is 3.09. The molecule has 1 aromatic carbocycles. The molecule has 0 aromatic heterocycles. The van der Waals surface area contributed by atoms with E-state index in [0.29, 0.717) is 6.42 Å². The maximum absolute atomic E-state index is 9.65. The van der Waals surface area contributed by atoms with Crippen LogP contribution in [0.25, 0.3) is 0 Å². The third-order valence-corrected chi connectivity index (χ3v) is 3.93. The summed E-state index contributed by atoms with van der Waals surface area (Å²) in [7, 11) is 3.56. The van der Waals surface area contributed by atoms with Crippen LogP contribution >= 0.6 is 22.6 Å². The molecular formula is C23H44INO3. The molecule has 0 amide bonds. The highest BCUT2D eigenvalue weighted by Gasteiger charge is 2.30. The van der Waals surface area contributed by atoms with E-state index in [-0.39, 0.29) is 5.60 Å². The monoisotopic (exact) mass is 509 g/mol. The summed E-state index contributed by atoms with van der Waals surface area (Å²) in [5.74, 6) is 1.86. The molecule has 166 valence electrons. The quantitative estimate of drug-likeness (QED) is 0.274. The van der Waals surface area contributed by atoms with Gasteiger partial charge in [0.2, 0.25) is 0 Å². The topological polar surface area (TPSA) is 47.6 Å². The largest absolute Gasteiger partial charge is 0.496 e. The molecule has 1 heterocycles. The van der Waals surface area contributed by atoms with E-state index in [9.17, 15) is 4.79 Å². The standard InChI is InChI=1S/C11H13IO2.C5H11NO.C3H8.2C2H6/c1-11(2)6-7-4-8(12)10(13-3)5-9(7)14-11;1-6-4-2-3-5-7;1-3-2;2*1-2/h4-5H,6H2,1-3H3;5-6H,2-4H2,1H3;3H2,1-2H3;2*1-2H3. The molecule has 0 saturated carbocycles. The van der Waals surface area contributed by atoms with E-state index < -0.39 is 0 Å². The molecular weight excluding hydrogens is 465 g/mol. The third kappa shape index (κ3) is 15.1. The van der Waals surface area contributed by atoms with Crippen molar-refractivity contribution in [3.63, 3.8) is 0 Å². The van der Waals surface area contributed by atoms with Crippen molar-refractivity contribution >= 4 is 28.9 Å². The Balaban J connectivity index is -0.000000379. The lowest BCUT2D eigenvalue weighted by atomic mass is 10.0. The number of rotatable bonds is 5. The fourth-order valence-electron chi connectivity index (χ4n) is 2.12. The van der Waals surface area contributed by atoms with E-state index in [1.165, 1.54) is 12.0 Å². The number of halogens is 1. The van der Waals surface area contributed by atoms with E-state index in [1.807, 2.05) is 40.8 Å². The summed E-state index contributed by atoms with van der Waals surface area (Å²) in [6, 6.07) is 4.12. The summed E-state index contributed by atoms with van der Waals surface area (Å²) in [4.78, 5) is 9.65. The molecule has 0 unspecified atom stereocenters. The van der Waals surface area contributed by atoms with Crippen LogP contribution in [0.3, 0.4) is 0 Å². The Hall–Kier alpha value is -0.820. The average Bonchev–Trinajstić information content (AvgIpc) is 2.98. The molecule has 0 aliphatic carbocycles. The first kappa shape index (κ1) is 31.9. The van der Waals surface area contributed by atoms with Crippen molar-refractivity contribution in [1.29, 1.82) is 0 Å². The number of carbonyl (C=O) groups is 1. The van der Waals surface area contributed by atoms with Crippen molar-refractivity contribution in [3.8, 4) is 11.5 Å². The maximum Gasteiger partial charge on any atom is 0.135 e. The van der Waals surface area contributed by atoms with Gasteiger partial charge in [0.05, 0.1) is 10.7 Å². The van der Waals surface area contributed by atoms with Crippen molar-refractivity contribution in [2.75, 3.05) is 20.7 Å². The molecule has 0 atom stereocenters. The molecule has 0 radical (unpaired) electrons. The smallest absolute Gasteiger partial charge is 0.135 e. The lowest BCUT2D eigenvalue weighted by Crippen LogP contribution is -2.24. The van der Waals surface area contributed by atoms with Crippen LogP contribution in [-0.2, 0) is 11.2 Å². The van der Waals surface area contributed by atoms with Crippen LogP contribution < -0.4 is 14.8 Å². The van der Waals surface area contributed by atoms with E-state index in [1.54, 1.807) is 7.11 Å². The van der Waals surface area contributed by atoms with Crippen molar-refractivity contribution < 1.29 is 14.3 Å². The maximum atomic E-state index is 9.65. The Kier molecular flexibility index (Phi) is 23.8. The van der Waals surface area contributed by atoms with E-state index in [0.717, 1.165) is 40.7 Å². The van der Waals surface area contributed by atoms with Crippen LogP contribution in [0.15, 0.2) is 12.1 Å². The summed E-state index contributed by atoms with van der Waals surface area (Å²) < 4.78 is 12.2. The first-order valence-corrected chi connectivity index (χ1v) is 11.6.